The molecule has 1 aromatic carbocycles. The summed E-state index contributed by atoms with van der Waals surface area (Å²) >= 11 is 5.55. The molecule has 0 saturated heterocycles. The fourth-order valence-electron chi connectivity index (χ4n) is 2.51. The molecule has 1 aliphatic carbocycles. The summed E-state index contributed by atoms with van der Waals surface area (Å²) in [6, 6.07) is 3.75. The highest BCUT2D eigenvalue weighted by atomic mass is 35.5. The molecule has 0 atom stereocenters. The van der Waals surface area contributed by atoms with Crippen molar-refractivity contribution in [2.45, 2.75) is 25.7 Å². The summed E-state index contributed by atoms with van der Waals surface area (Å²) in [6.07, 6.45) is 2.80. The number of benzene rings is 1. The molecule has 0 spiro atoms. The van der Waals surface area contributed by atoms with Gasteiger partial charge in [-0.15, -0.1) is 0 Å². The molecule has 1 amide bonds. The minimum atomic E-state index is -0.891. The van der Waals surface area contributed by atoms with Gasteiger partial charge in [-0.3, -0.25) is 9.59 Å². The Morgan fingerprint density at radius 3 is 2.55 bits per heavy atom. The predicted molar refractivity (Wildman–Crippen MR) is 72.3 cm³/mol. The van der Waals surface area contributed by atoms with Crippen molar-refractivity contribution in [2.24, 2.45) is 5.41 Å². The quantitative estimate of drug-likeness (QED) is 0.898. The smallest absolute Gasteiger partial charge is 0.311 e. The zero-order valence-electron chi connectivity index (χ0n) is 10.8. The molecular weight excluding hydrogens is 285 g/mol. The first kappa shape index (κ1) is 14.8. The number of hydrogen-bond donors (Lipinski definition) is 2. The molecule has 0 aliphatic heterocycles. The number of hydrogen-bond acceptors (Lipinski definition) is 2. The van der Waals surface area contributed by atoms with Gasteiger partial charge < -0.3 is 10.4 Å². The minimum absolute atomic E-state index is 0.0562. The van der Waals surface area contributed by atoms with E-state index in [0.29, 0.717) is 12.8 Å². The van der Waals surface area contributed by atoms with Crippen molar-refractivity contribution in [3.63, 3.8) is 0 Å². The fraction of sp³-hybridized carbons (Fsp3) is 0.429. The number of nitrogens with one attached hydrogen (secondary N) is 1. The molecule has 1 aromatic rings. The van der Waals surface area contributed by atoms with Crippen molar-refractivity contribution in [3.05, 3.63) is 34.6 Å². The second-order valence-electron chi connectivity index (χ2n) is 5.10. The summed E-state index contributed by atoms with van der Waals surface area (Å²) in [4.78, 5) is 23.3. The Hall–Kier alpha value is -1.62. The number of carboxylic acids is 1. The van der Waals surface area contributed by atoms with Gasteiger partial charge >= 0.3 is 5.97 Å². The van der Waals surface area contributed by atoms with Crippen LogP contribution in [0.1, 0.15) is 36.0 Å². The third-order valence-electron chi connectivity index (χ3n) is 3.78. The van der Waals surface area contributed by atoms with Crippen molar-refractivity contribution in [3.8, 4) is 0 Å². The summed E-state index contributed by atoms with van der Waals surface area (Å²) in [5, 5.41) is 11.8. The van der Waals surface area contributed by atoms with Gasteiger partial charge in [0.05, 0.1) is 10.4 Å². The Kier molecular flexibility index (Phi) is 4.28. The molecule has 6 heteroatoms. The molecule has 2 rings (SSSR count). The van der Waals surface area contributed by atoms with Gasteiger partial charge in [-0.1, -0.05) is 24.4 Å². The van der Waals surface area contributed by atoms with Crippen molar-refractivity contribution in [1.29, 1.82) is 0 Å². The predicted octanol–water partition coefficient (Wildman–Crippen LogP) is 2.85. The topological polar surface area (TPSA) is 66.4 Å². The molecule has 20 heavy (non-hydrogen) atoms. The summed E-state index contributed by atoms with van der Waals surface area (Å²) in [7, 11) is 0. The standard InChI is InChI=1S/C14H15ClFNO3/c15-10-4-3-9(7-11(10)16)12(18)17-8-14(13(19)20)5-1-2-6-14/h3-4,7H,1-2,5-6,8H2,(H,17,18)(H,19,20). The van der Waals surface area contributed by atoms with Crippen LogP contribution in [0.25, 0.3) is 0 Å². The van der Waals surface area contributed by atoms with Crippen LogP contribution in [0.5, 0.6) is 0 Å². The first-order chi connectivity index (χ1) is 9.44. The van der Waals surface area contributed by atoms with Crippen LogP contribution in [0.15, 0.2) is 18.2 Å². The Morgan fingerprint density at radius 1 is 1.35 bits per heavy atom. The van der Waals surface area contributed by atoms with Gasteiger partial charge in [0.25, 0.3) is 5.91 Å². The normalized spacial score (nSPS) is 16.9. The number of carbonyl (C=O) groups excluding carboxylic acids is 1. The first-order valence-electron chi connectivity index (χ1n) is 6.41. The van der Waals surface area contributed by atoms with E-state index in [1.165, 1.54) is 12.1 Å². The van der Waals surface area contributed by atoms with Crippen LogP contribution in [0.3, 0.4) is 0 Å². The Labute approximate surface area is 120 Å². The number of halogens is 2. The highest BCUT2D eigenvalue weighted by Crippen LogP contribution is 2.37. The second-order valence-corrected chi connectivity index (χ2v) is 5.51. The molecule has 1 aliphatic rings. The Bertz CT molecular complexity index is 541. The summed E-state index contributed by atoms with van der Waals surface area (Å²) in [6.45, 7) is 0.0609. The van der Waals surface area contributed by atoms with Crippen LogP contribution in [0.2, 0.25) is 5.02 Å². The zero-order chi connectivity index (χ0) is 14.8. The maximum absolute atomic E-state index is 13.3. The summed E-state index contributed by atoms with van der Waals surface area (Å²) < 4.78 is 13.3. The fourth-order valence-corrected chi connectivity index (χ4v) is 2.62. The van der Waals surface area contributed by atoms with E-state index < -0.39 is 23.1 Å². The molecule has 2 N–H and O–H groups in total. The van der Waals surface area contributed by atoms with E-state index in [1.54, 1.807) is 0 Å². The summed E-state index contributed by atoms with van der Waals surface area (Å²) in [5.41, 5.74) is -0.758. The molecule has 0 aromatic heterocycles. The maximum Gasteiger partial charge on any atom is 0.311 e. The van der Waals surface area contributed by atoms with E-state index >= 15 is 0 Å². The van der Waals surface area contributed by atoms with E-state index in [0.717, 1.165) is 18.9 Å². The zero-order valence-corrected chi connectivity index (χ0v) is 11.5. The SMILES string of the molecule is O=C(NCC1(C(=O)O)CCCC1)c1ccc(Cl)c(F)c1. The number of carbonyl (C=O) groups is 2. The lowest BCUT2D eigenvalue weighted by Crippen LogP contribution is -2.41. The average Bonchev–Trinajstić information content (AvgIpc) is 2.89. The molecule has 0 unspecified atom stereocenters. The van der Waals surface area contributed by atoms with E-state index in [2.05, 4.69) is 5.32 Å². The van der Waals surface area contributed by atoms with Crippen LogP contribution in [-0.2, 0) is 4.79 Å². The average molecular weight is 300 g/mol. The molecule has 108 valence electrons. The van der Waals surface area contributed by atoms with Crippen LogP contribution in [-0.4, -0.2) is 23.5 Å². The van der Waals surface area contributed by atoms with Crippen LogP contribution >= 0.6 is 11.6 Å². The maximum atomic E-state index is 13.3. The lowest BCUT2D eigenvalue weighted by atomic mass is 9.86. The molecule has 0 heterocycles. The van der Waals surface area contributed by atoms with Gasteiger partial charge in [-0.25, -0.2) is 4.39 Å². The number of amides is 1. The van der Waals surface area contributed by atoms with Gasteiger partial charge in [0.1, 0.15) is 5.82 Å². The Morgan fingerprint density at radius 2 is 2.00 bits per heavy atom. The van der Waals surface area contributed by atoms with Crippen molar-refractivity contribution in [1.82, 2.24) is 5.32 Å². The molecule has 1 fully saturated rings. The van der Waals surface area contributed by atoms with Gasteiger partial charge in [-0.2, -0.15) is 0 Å². The Balaban J connectivity index is 2.04. The van der Waals surface area contributed by atoms with Crippen molar-refractivity contribution < 1.29 is 19.1 Å². The molecule has 0 bridgehead atoms. The van der Waals surface area contributed by atoms with E-state index in [-0.39, 0.29) is 17.1 Å². The monoisotopic (exact) mass is 299 g/mol. The van der Waals surface area contributed by atoms with Crippen molar-refractivity contribution in [2.75, 3.05) is 6.54 Å². The molecule has 0 radical (unpaired) electrons. The second kappa shape index (κ2) is 5.79. The third-order valence-corrected chi connectivity index (χ3v) is 4.09. The van der Waals surface area contributed by atoms with Gasteiger partial charge in [0.2, 0.25) is 0 Å². The van der Waals surface area contributed by atoms with E-state index in [9.17, 15) is 19.1 Å². The van der Waals surface area contributed by atoms with E-state index in [1.807, 2.05) is 0 Å². The number of rotatable bonds is 4. The van der Waals surface area contributed by atoms with Crippen LogP contribution in [0.4, 0.5) is 4.39 Å². The van der Waals surface area contributed by atoms with Crippen LogP contribution in [0, 0.1) is 11.2 Å². The number of aliphatic carboxylic acids is 1. The first-order valence-corrected chi connectivity index (χ1v) is 6.79. The minimum Gasteiger partial charge on any atom is -0.481 e. The van der Waals surface area contributed by atoms with Gasteiger partial charge in [0.15, 0.2) is 0 Å². The lowest BCUT2D eigenvalue weighted by molar-refractivity contribution is -0.148. The van der Waals surface area contributed by atoms with Crippen molar-refractivity contribution >= 4 is 23.5 Å². The molecule has 4 nitrogen and oxygen atoms in total. The van der Waals surface area contributed by atoms with Gasteiger partial charge in [0, 0.05) is 12.1 Å². The third kappa shape index (κ3) is 2.93. The highest BCUT2D eigenvalue weighted by molar-refractivity contribution is 6.30. The van der Waals surface area contributed by atoms with Gasteiger partial charge in [-0.05, 0) is 31.0 Å². The number of carboxylic acid groups (broad SMARTS) is 1. The lowest BCUT2D eigenvalue weighted by Gasteiger charge is -2.23. The largest absolute Gasteiger partial charge is 0.481 e. The summed E-state index contributed by atoms with van der Waals surface area (Å²) in [5.74, 6) is -2.06. The molecule has 1 saturated carbocycles. The van der Waals surface area contributed by atoms with Crippen LogP contribution < -0.4 is 5.32 Å². The van der Waals surface area contributed by atoms with E-state index in [4.69, 9.17) is 11.6 Å². The molecular formula is C14H15ClFNO3. The highest BCUT2D eigenvalue weighted by Gasteiger charge is 2.41.